The largest absolute Gasteiger partial charge is 0.365 e. The van der Waals surface area contributed by atoms with Crippen LogP contribution in [0.1, 0.15) is 0 Å². The van der Waals surface area contributed by atoms with Crippen LogP contribution in [-0.4, -0.2) is 35.5 Å². The van der Waals surface area contributed by atoms with Crippen LogP contribution in [0.4, 0.5) is 0 Å². The summed E-state index contributed by atoms with van der Waals surface area (Å²) in [7, 11) is 0. The fraction of sp³-hybridized carbons (Fsp3) is 0.455. The minimum atomic E-state index is -0.285. The predicted octanol–water partition coefficient (Wildman–Crippen LogP) is 0.111. The zero-order valence-corrected chi connectivity index (χ0v) is 8.13. The molecule has 2 amide bonds. The highest BCUT2D eigenvalue weighted by Gasteiger charge is 2.60. The molecule has 15 heavy (non-hydrogen) atoms. The van der Waals surface area contributed by atoms with Gasteiger partial charge in [-0.1, -0.05) is 18.2 Å². The minimum absolute atomic E-state index is 0.109. The monoisotopic (exact) mass is 205 g/mol. The number of likely N-dealkylation sites (tertiary alicyclic amines) is 1. The van der Waals surface area contributed by atoms with E-state index >= 15 is 0 Å². The number of carbonyl (C=O) groups is 2. The van der Waals surface area contributed by atoms with E-state index in [2.05, 4.69) is 6.58 Å². The average molecular weight is 205 g/mol. The number of nitrogens with zero attached hydrogens (tertiary/aromatic N) is 1. The molecule has 3 aliphatic heterocycles. The van der Waals surface area contributed by atoms with Crippen LogP contribution < -0.4 is 0 Å². The summed E-state index contributed by atoms with van der Waals surface area (Å²) in [6.45, 7) is 3.86. The van der Waals surface area contributed by atoms with Crippen molar-refractivity contribution in [2.45, 2.75) is 12.2 Å². The quantitative estimate of drug-likeness (QED) is 0.475. The summed E-state index contributed by atoms with van der Waals surface area (Å²) < 4.78 is 5.50. The number of rotatable bonds is 2. The van der Waals surface area contributed by atoms with Gasteiger partial charge >= 0.3 is 0 Å². The summed E-state index contributed by atoms with van der Waals surface area (Å²) in [6.07, 6.45) is 4.97. The molecule has 0 aromatic rings. The molecule has 78 valence electrons. The van der Waals surface area contributed by atoms with Crippen molar-refractivity contribution >= 4 is 11.8 Å². The number of amides is 2. The van der Waals surface area contributed by atoms with E-state index in [1.165, 1.54) is 4.90 Å². The lowest BCUT2D eigenvalue weighted by molar-refractivity contribution is -0.141. The van der Waals surface area contributed by atoms with E-state index in [4.69, 9.17) is 4.74 Å². The second-order valence-corrected chi connectivity index (χ2v) is 4.08. The second-order valence-electron chi connectivity index (χ2n) is 4.08. The lowest BCUT2D eigenvalue weighted by Crippen LogP contribution is -2.34. The molecule has 0 unspecified atom stereocenters. The Morgan fingerprint density at radius 3 is 2.27 bits per heavy atom. The molecule has 2 bridgehead atoms. The average Bonchev–Trinajstić information content (AvgIpc) is 2.87. The van der Waals surface area contributed by atoms with Gasteiger partial charge in [-0.3, -0.25) is 14.5 Å². The number of fused-ring (bicyclic) bond motifs is 5. The zero-order chi connectivity index (χ0) is 10.6. The summed E-state index contributed by atoms with van der Waals surface area (Å²) in [4.78, 5) is 25.1. The smallest absolute Gasteiger partial charge is 0.236 e. The Bertz CT molecular complexity index is 357. The maximum absolute atomic E-state index is 11.9. The van der Waals surface area contributed by atoms with E-state index < -0.39 is 0 Å². The molecule has 2 saturated heterocycles. The van der Waals surface area contributed by atoms with Gasteiger partial charge in [-0.05, 0) is 0 Å². The number of imide groups is 1. The fourth-order valence-electron chi connectivity index (χ4n) is 2.67. The van der Waals surface area contributed by atoms with Gasteiger partial charge in [0, 0.05) is 6.54 Å². The lowest BCUT2D eigenvalue weighted by atomic mass is 9.85. The topological polar surface area (TPSA) is 46.6 Å². The van der Waals surface area contributed by atoms with Gasteiger partial charge < -0.3 is 4.74 Å². The van der Waals surface area contributed by atoms with Gasteiger partial charge in [-0.2, -0.15) is 0 Å². The Labute approximate surface area is 87.2 Å². The van der Waals surface area contributed by atoms with Crippen LogP contribution in [0.2, 0.25) is 0 Å². The molecule has 3 aliphatic rings. The van der Waals surface area contributed by atoms with Gasteiger partial charge in [-0.25, -0.2) is 0 Å². The summed E-state index contributed by atoms with van der Waals surface area (Å²) >= 11 is 0. The Morgan fingerprint density at radius 1 is 1.27 bits per heavy atom. The van der Waals surface area contributed by atoms with Gasteiger partial charge in [0.2, 0.25) is 11.8 Å². The zero-order valence-electron chi connectivity index (χ0n) is 8.13. The first-order valence-electron chi connectivity index (χ1n) is 5.04. The highest BCUT2D eigenvalue weighted by molar-refractivity contribution is 6.06. The Balaban J connectivity index is 1.96. The predicted molar refractivity (Wildman–Crippen MR) is 51.7 cm³/mol. The molecule has 4 heteroatoms. The maximum Gasteiger partial charge on any atom is 0.236 e. The molecule has 0 spiro atoms. The first-order valence-corrected chi connectivity index (χ1v) is 5.04. The summed E-state index contributed by atoms with van der Waals surface area (Å²) in [6, 6.07) is 0. The highest BCUT2D eigenvalue weighted by atomic mass is 16.5. The third-order valence-electron chi connectivity index (χ3n) is 3.31. The number of ether oxygens (including phenoxy) is 1. The SMILES string of the molecule is C=CCN1C(=O)[C@@H]2[C@@H](C1=O)[C@H]1C=C[C@H]2O1. The summed E-state index contributed by atoms with van der Waals surface area (Å²) in [5, 5.41) is 0. The van der Waals surface area contributed by atoms with E-state index in [1.807, 2.05) is 12.2 Å². The molecular weight excluding hydrogens is 194 g/mol. The molecule has 2 fully saturated rings. The summed E-state index contributed by atoms with van der Waals surface area (Å²) in [5.74, 6) is -0.789. The molecule has 0 aromatic carbocycles. The van der Waals surface area contributed by atoms with E-state index in [0.717, 1.165) is 0 Å². The third-order valence-corrected chi connectivity index (χ3v) is 3.31. The van der Waals surface area contributed by atoms with Crippen molar-refractivity contribution in [3.63, 3.8) is 0 Å². The molecular formula is C11H11NO3. The van der Waals surface area contributed by atoms with Crippen LogP contribution in [0.25, 0.3) is 0 Å². The molecule has 0 aromatic heterocycles. The Kier molecular flexibility index (Phi) is 1.65. The van der Waals surface area contributed by atoms with Crippen molar-refractivity contribution in [3.8, 4) is 0 Å². The molecule has 0 aliphatic carbocycles. The van der Waals surface area contributed by atoms with Crippen LogP contribution >= 0.6 is 0 Å². The van der Waals surface area contributed by atoms with Crippen LogP contribution in [0.3, 0.4) is 0 Å². The van der Waals surface area contributed by atoms with Crippen molar-refractivity contribution < 1.29 is 14.3 Å². The molecule has 3 heterocycles. The number of hydrogen-bond donors (Lipinski definition) is 0. The molecule has 3 rings (SSSR count). The van der Waals surface area contributed by atoms with Crippen LogP contribution in [-0.2, 0) is 14.3 Å². The third kappa shape index (κ3) is 0.946. The van der Waals surface area contributed by atoms with E-state index in [0.29, 0.717) is 6.54 Å². The van der Waals surface area contributed by atoms with Gasteiger partial charge in [0.15, 0.2) is 0 Å². The van der Waals surface area contributed by atoms with Crippen LogP contribution in [0.15, 0.2) is 24.8 Å². The van der Waals surface area contributed by atoms with Crippen LogP contribution in [0.5, 0.6) is 0 Å². The van der Waals surface area contributed by atoms with Crippen molar-refractivity contribution in [3.05, 3.63) is 24.8 Å². The highest BCUT2D eigenvalue weighted by Crippen LogP contribution is 2.44. The summed E-state index contributed by atoms with van der Waals surface area (Å²) in [5.41, 5.74) is 0. The van der Waals surface area contributed by atoms with Crippen molar-refractivity contribution in [1.29, 1.82) is 0 Å². The molecule has 4 atom stereocenters. The molecule has 0 radical (unpaired) electrons. The normalized spacial score (nSPS) is 41.5. The lowest BCUT2D eigenvalue weighted by Gasteiger charge is -2.14. The number of hydrogen-bond acceptors (Lipinski definition) is 3. The number of carbonyl (C=O) groups excluding carboxylic acids is 2. The van der Waals surface area contributed by atoms with Crippen molar-refractivity contribution in [2.75, 3.05) is 6.54 Å². The fourth-order valence-corrected chi connectivity index (χ4v) is 2.67. The van der Waals surface area contributed by atoms with Gasteiger partial charge in [0.25, 0.3) is 0 Å². The van der Waals surface area contributed by atoms with Gasteiger partial charge in [0.1, 0.15) is 0 Å². The van der Waals surface area contributed by atoms with Gasteiger partial charge in [-0.15, -0.1) is 6.58 Å². The maximum atomic E-state index is 11.9. The Morgan fingerprint density at radius 2 is 1.80 bits per heavy atom. The van der Waals surface area contributed by atoms with E-state index in [9.17, 15) is 9.59 Å². The first kappa shape index (κ1) is 8.85. The molecule has 0 saturated carbocycles. The Hall–Kier alpha value is -1.42. The van der Waals surface area contributed by atoms with Crippen molar-refractivity contribution in [1.82, 2.24) is 4.90 Å². The standard InChI is InChI=1S/C11H11NO3/c1-2-5-12-10(13)8-6-3-4-7(15-6)9(8)11(12)14/h2-4,6-9H,1,5H2/t6-,7-,8+,9+/m1/s1. The van der Waals surface area contributed by atoms with Gasteiger partial charge in [0.05, 0.1) is 24.0 Å². The second kappa shape index (κ2) is 2.79. The van der Waals surface area contributed by atoms with E-state index in [1.54, 1.807) is 6.08 Å². The van der Waals surface area contributed by atoms with E-state index in [-0.39, 0.29) is 35.9 Å². The van der Waals surface area contributed by atoms with Crippen LogP contribution in [0, 0.1) is 11.8 Å². The minimum Gasteiger partial charge on any atom is -0.365 e. The molecule has 0 N–H and O–H groups in total. The molecule has 4 nitrogen and oxygen atoms in total. The van der Waals surface area contributed by atoms with Crippen molar-refractivity contribution in [2.24, 2.45) is 11.8 Å². The first-order chi connectivity index (χ1) is 7.24.